The second kappa shape index (κ2) is 9.79. The number of anilines is 1. The highest BCUT2D eigenvalue weighted by Gasteiger charge is 2.53. The molecule has 1 saturated heterocycles. The number of hydrogen-bond donors (Lipinski definition) is 2. The molecule has 3 heterocycles. The molecule has 1 fully saturated rings. The summed E-state index contributed by atoms with van der Waals surface area (Å²) in [5.41, 5.74) is 4.98. The molecule has 0 spiro atoms. The van der Waals surface area contributed by atoms with Crippen LogP contribution in [0.4, 0.5) is 5.13 Å². The largest absolute Gasteiger partial charge is 0.427 e. The van der Waals surface area contributed by atoms with E-state index in [1.54, 1.807) is 32.2 Å². The first-order chi connectivity index (χ1) is 15.5. The van der Waals surface area contributed by atoms with E-state index in [0.29, 0.717) is 5.75 Å². The quantitative estimate of drug-likeness (QED) is 0.178. The third kappa shape index (κ3) is 5.27. The monoisotopic (exact) mass is 497 g/mol. The number of rotatable bonds is 7. The number of hydrogen-bond acceptors (Lipinski definition) is 12. The van der Waals surface area contributed by atoms with Gasteiger partial charge in [-0.05, 0) is 26.8 Å². The van der Waals surface area contributed by atoms with Gasteiger partial charge in [0.2, 0.25) is 6.79 Å². The molecule has 2 atom stereocenters. The van der Waals surface area contributed by atoms with Gasteiger partial charge in [0.15, 0.2) is 10.8 Å². The molecule has 0 saturated carbocycles. The van der Waals surface area contributed by atoms with E-state index in [9.17, 15) is 19.2 Å². The van der Waals surface area contributed by atoms with Crippen LogP contribution in [0.15, 0.2) is 22.3 Å². The smallest absolute Gasteiger partial charge is 0.357 e. The molecule has 0 aliphatic carbocycles. The lowest BCUT2D eigenvalue weighted by Crippen LogP contribution is -2.70. The van der Waals surface area contributed by atoms with Gasteiger partial charge in [-0.1, -0.05) is 5.16 Å². The molecular formula is C19H23N5O7S2. The van der Waals surface area contributed by atoms with Crippen molar-refractivity contribution in [2.45, 2.75) is 32.2 Å². The van der Waals surface area contributed by atoms with E-state index in [-0.39, 0.29) is 22.2 Å². The number of carbonyl (C=O) groups is 4. The Kier molecular flexibility index (Phi) is 7.27. The van der Waals surface area contributed by atoms with Crippen LogP contribution >= 0.6 is 23.1 Å². The number of oxime groups is 1. The fraction of sp³-hybridized carbons (Fsp3) is 0.474. The maximum atomic E-state index is 12.7. The normalized spacial score (nSPS) is 20.2. The van der Waals surface area contributed by atoms with Crippen LogP contribution in [0, 0.1) is 5.41 Å². The van der Waals surface area contributed by atoms with Crippen molar-refractivity contribution >= 4 is 57.7 Å². The summed E-state index contributed by atoms with van der Waals surface area (Å²) < 4.78 is 9.93. The Hall–Kier alpha value is -3.13. The summed E-state index contributed by atoms with van der Waals surface area (Å²) in [5.74, 6) is -2.09. The van der Waals surface area contributed by atoms with E-state index < -0.39 is 47.4 Å². The van der Waals surface area contributed by atoms with E-state index >= 15 is 0 Å². The van der Waals surface area contributed by atoms with Crippen LogP contribution in [0.1, 0.15) is 26.5 Å². The van der Waals surface area contributed by atoms with Gasteiger partial charge >= 0.3 is 11.9 Å². The van der Waals surface area contributed by atoms with Crippen LogP contribution in [0.25, 0.3) is 0 Å². The van der Waals surface area contributed by atoms with E-state index in [1.807, 2.05) is 0 Å². The van der Waals surface area contributed by atoms with Crippen LogP contribution < -0.4 is 11.1 Å². The highest BCUT2D eigenvalue weighted by Crippen LogP contribution is 2.37. The maximum Gasteiger partial charge on any atom is 0.357 e. The SMILES string of the molecule is CON=C(C(=O)N[C@@H]1C(=O)N2C(C(=O)OCOC(=O)C(C)(C)C)=CCS[C@H]12)c1csc(N)n1. The van der Waals surface area contributed by atoms with Gasteiger partial charge < -0.3 is 25.4 Å². The molecule has 0 radical (unpaired) electrons. The predicted molar refractivity (Wildman–Crippen MR) is 120 cm³/mol. The van der Waals surface area contributed by atoms with Crippen molar-refractivity contribution in [2.24, 2.45) is 10.6 Å². The lowest BCUT2D eigenvalue weighted by molar-refractivity contribution is -0.173. The van der Waals surface area contributed by atoms with Gasteiger partial charge in [-0.15, -0.1) is 23.1 Å². The van der Waals surface area contributed by atoms with Gasteiger partial charge in [-0.2, -0.15) is 0 Å². The molecule has 1 aromatic rings. The number of esters is 2. The first-order valence-corrected chi connectivity index (χ1v) is 11.6. The summed E-state index contributed by atoms with van der Waals surface area (Å²) in [4.78, 5) is 59.7. The summed E-state index contributed by atoms with van der Waals surface area (Å²) in [7, 11) is 1.28. The molecule has 1 aromatic heterocycles. The Morgan fingerprint density at radius 2 is 2.06 bits per heavy atom. The van der Waals surface area contributed by atoms with Crippen LogP contribution in [0.5, 0.6) is 0 Å². The highest BCUT2D eigenvalue weighted by molar-refractivity contribution is 8.00. The minimum Gasteiger partial charge on any atom is -0.427 e. The number of thioether (sulfide) groups is 1. The highest BCUT2D eigenvalue weighted by atomic mass is 32.2. The van der Waals surface area contributed by atoms with Crippen LogP contribution in [0.2, 0.25) is 0 Å². The van der Waals surface area contributed by atoms with Crippen LogP contribution in [0.3, 0.4) is 0 Å². The minimum atomic E-state index is -0.893. The molecule has 2 amide bonds. The Bertz CT molecular complexity index is 1030. The minimum absolute atomic E-state index is 0.0270. The predicted octanol–water partition coefficient (Wildman–Crippen LogP) is 0.450. The van der Waals surface area contributed by atoms with Gasteiger partial charge in [-0.25, -0.2) is 9.78 Å². The van der Waals surface area contributed by atoms with Crippen molar-refractivity contribution in [3.63, 3.8) is 0 Å². The zero-order chi connectivity index (χ0) is 24.3. The second-order valence-corrected chi connectivity index (χ2v) is 9.94. The third-order valence-corrected chi connectivity index (χ3v) is 6.35. The molecule has 2 aliphatic heterocycles. The number of aromatic nitrogens is 1. The van der Waals surface area contributed by atoms with Crippen LogP contribution in [-0.4, -0.2) is 70.4 Å². The Morgan fingerprint density at radius 3 is 2.67 bits per heavy atom. The fourth-order valence-corrected chi connectivity index (χ4v) is 4.60. The first-order valence-electron chi connectivity index (χ1n) is 9.67. The number of fused-ring (bicyclic) bond motifs is 1. The fourth-order valence-electron chi connectivity index (χ4n) is 2.86. The Balaban J connectivity index is 1.61. The number of ether oxygens (including phenoxy) is 2. The van der Waals surface area contributed by atoms with Gasteiger partial charge in [0, 0.05) is 11.1 Å². The van der Waals surface area contributed by atoms with Crippen LogP contribution in [-0.2, 0) is 33.5 Å². The average Bonchev–Trinajstić information content (AvgIpc) is 3.19. The third-order valence-electron chi connectivity index (χ3n) is 4.50. The van der Waals surface area contributed by atoms with Crippen molar-refractivity contribution in [1.82, 2.24) is 15.2 Å². The summed E-state index contributed by atoms with van der Waals surface area (Å²) in [5, 5.41) is 7.57. The van der Waals surface area contributed by atoms with Crippen molar-refractivity contribution in [1.29, 1.82) is 0 Å². The lowest BCUT2D eigenvalue weighted by Gasteiger charge is -2.48. The van der Waals surface area contributed by atoms with Crippen molar-refractivity contribution in [3.8, 4) is 0 Å². The molecule has 0 bridgehead atoms. The zero-order valence-electron chi connectivity index (χ0n) is 18.3. The molecule has 2 aliphatic rings. The number of β-lactam (4-membered cyclic amide) rings is 1. The van der Waals surface area contributed by atoms with Crippen molar-refractivity contribution < 1.29 is 33.5 Å². The van der Waals surface area contributed by atoms with Crippen molar-refractivity contribution in [3.05, 3.63) is 22.8 Å². The maximum absolute atomic E-state index is 12.7. The number of amides is 2. The summed E-state index contributed by atoms with van der Waals surface area (Å²) in [6.45, 7) is 4.44. The van der Waals surface area contributed by atoms with E-state index in [4.69, 9.17) is 20.0 Å². The molecule has 33 heavy (non-hydrogen) atoms. The molecule has 0 aromatic carbocycles. The van der Waals surface area contributed by atoms with E-state index in [1.165, 1.54) is 23.8 Å². The van der Waals surface area contributed by atoms with Gasteiger partial charge in [0.25, 0.3) is 11.8 Å². The molecule has 12 nitrogen and oxygen atoms in total. The molecule has 3 rings (SSSR count). The molecule has 0 unspecified atom stereocenters. The standard InChI is InChI=1S/C19H23N5O7S2/c1-19(2,3)17(28)31-8-30-16(27)10-5-6-32-15-12(14(26)24(10)15)22-13(25)11(23-29-4)9-7-33-18(20)21-9/h5,7,12,15H,6,8H2,1-4H3,(H2,20,21)(H,22,25)/t12-,15-/m1/s1. The summed E-state index contributed by atoms with van der Waals surface area (Å²) in [6, 6.07) is -0.893. The topological polar surface area (TPSA) is 163 Å². The molecular weight excluding hydrogens is 474 g/mol. The van der Waals surface area contributed by atoms with Crippen molar-refractivity contribution in [2.75, 3.05) is 25.4 Å². The number of nitrogens with zero attached hydrogens (tertiary/aromatic N) is 3. The van der Waals surface area contributed by atoms with Gasteiger partial charge in [0.05, 0.1) is 5.41 Å². The average molecular weight is 498 g/mol. The first kappa shape index (κ1) is 24.5. The lowest BCUT2D eigenvalue weighted by atomic mass is 9.98. The van der Waals surface area contributed by atoms with Gasteiger partial charge in [-0.3, -0.25) is 19.3 Å². The summed E-state index contributed by atoms with van der Waals surface area (Å²) in [6.07, 6.45) is 1.54. The number of nitrogens with one attached hydrogen (secondary N) is 1. The number of nitrogens with two attached hydrogens (primary N) is 1. The second-order valence-electron chi connectivity index (χ2n) is 7.90. The molecule has 14 heteroatoms. The summed E-state index contributed by atoms with van der Waals surface area (Å²) >= 11 is 2.49. The number of thiazole rings is 1. The zero-order valence-corrected chi connectivity index (χ0v) is 19.9. The molecule has 3 N–H and O–H groups in total. The number of nitrogen functional groups attached to an aromatic ring is 1. The van der Waals surface area contributed by atoms with E-state index in [0.717, 1.165) is 11.3 Å². The van der Waals surface area contributed by atoms with E-state index in [2.05, 4.69) is 15.5 Å². The molecule has 178 valence electrons. The Morgan fingerprint density at radius 1 is 1.33 bits per heavy atom. The van der Waals surface area contributed by atoms with Gasteiger partial charge in [0.1, 0.15) is 29.9 Å². The number of carbonyl (C=O) groups excluding carboxylic acids is 4. The Labute approximate surface area is 197 Å².